The van der Waals surface area contributed by atoms with Crippen molar-refractivity contribution in [3.8, 4) is 0 Å². The number of nitrogens with zero attached hydrogens (tertiary/aromatic N) is 2. The van der Waals surface area contributed by atoms with E-state index in [-0.39, 0.29) is 5.82 Å². The molecule has 1 aromatic rings. The first-order chi connectivity index (χ1) is 6.75. The van der Waals surface area contributed by atoms with Crippen molar-refractivity contribution in [2.24, 2.45) is 0 Å². The fourth-order valence-electron chi connectivity index (χ4n) is 1.68. The van der Waals surface area contributed by atoms with Gasteiger partial charge in [0.05, 0.1) is 0 Å². The number of rotatable bonds is 1. The SMILES string of the molecule is [CH2]N1CCN(c2cccc(F)c2)CC1. The van der Waals surface area contributed by atoms with Crippen molar-refractivity contribution >= 4 is 5.69 Å². The van der Waals surface area contributed by atoms with E-state index in [2.05, 4.69) is 11.9 Å². The molecule has 0 amide bonds. The van der Waals surface area contributed by atoms with Gasteiger partial charge in [-0.25, -0.2) is 4.39 Å². The first-order valence-corrected chi connectivity index (χ1v) is 4.82. The first-order valence-electron chi connectivity index (χ1n) is 4.82. The van der Waals surface area contributed by atoms with E-state index in [9.17, 15) is 4.39 Å². The maximum absolute atomic E-state index is 12.9. The molecule has 0 bridgehead atoms. The lowest BCUT2D eigenvalue weighted by atomic mass is 10.2. The van der Waals surface area contributed by atoms with Crippen molar-refractivity contribution < 1.29 is 4.39 Å². The monoisotopic (exact) mass is 193 g/mol. The highest BCUT2D eigenvalue weighted by atomic mass is 19.1. The molecule has 1 aromatic carbocycles. The summed E-state index contributed by atoms with van der Waals surface area (Å²) < 4.78 is 12.9. The Balaban J connectivity index is 2.08. The van der Waals surface area contributed by atoms with Crippen molar-refractivity contribution in [1.82, 2.24) is 4.90 Å². The van der Waals surface area contributed by atoms with Crippen LogP contribution in [-0.2, 0) is 0 Å². The average molecular weight is 193 g/mol. The fraction of sp³-hybridized carbons (Fsp3) is 0.364. The molecule has 1 heterocycles. The van der Waals surface area contributed by atoms with Crippen LogP contribution >= 0.6 is 0 Å². The molecular formula is C11H14FN2. The zero-order chi connectivity index (χ0) is 9.97. The molecule has 1 fully saturated rings. The van der Waals surface area contributed by atoms with E-state index >= 15 is 0 Å². The standard InChI is InChI=1S/C11H14FN2/c1-13-5-7-14(8-6-13)11-4-2-3-10(12)9-11/h2-4,9H,1,5-8H2. The zero-order valence-corrected chi connectivity index (χ0v) is 8.12. The summed E-state index contributed by atoms with van der Waals surface area (Å²) in [5.74, 6) is -0.167. The molecule has 0 aromatic heterocycles. The molecule has 2 nitrogen and oxygen atoms in total. The number of anilines is 1. The molecule has 1 radical (unpaired) electrons. The second kappa shape index (κ2) is 3.96. The minimum Gasteiger partial charge on any atom is -0.369 e. The normalized spacial score (nSPS) is 18.6. The lowest BCUT2D eigenvalue weighted by Crippen LogP contribution is -2.43. The van der Waals surface area contributed by atoms with E-state index < -0.39 is 0 Å². The summed E-state index contributed by atoms with van der Waals surface area (Å²) in [6, 6.07) is 6.75. The molecular weight excluding hydrogens is 179 g/mol. The highest BCUT2D eigenvalue weighted by Gasteiger charge is 2.14. The van der Waals surface area contributed by atoms with E-state index in [1.807, 2.05) is 11.0 Å². The molecule has 2 rings (SSSR count). The summed E-state index contributed by atoms with van der Waals surface area (Å²) in [4.78, 5) is 4.22. The molecule has 1 saturated heterocycles. The Kier molecular flexibility index (Phi) is 2.68. The molecule has 0 atom stereocenters. The highest BCUT2D eigenvalue weighted by molar-refractivity contribution is 5.46. The summed E-state index contributed by atoms with van der Waals surface area (Å²) in [5, 5.41) is 0. The molecule has 0 spiro atoms. The van der Waals surface area contributed by atoms with Crippen molar-refractivity contribution in [3.63, 3.8) is 0 Å². The summed E-state index contributed by atoms with van der Waals surface area (Å²) in [5.41, 5.74) is 0.970. The summed E-state index contributed by atoms with van der Waals surface area (Å²) >= 11 is 0. The number of halogens is 1. The smallest absolute Gasteiger partial charge is 0.125 e. The van der Waals surface area contributed by atoms with Gasteiger partial charge in [-0.05, 0) is 18.2 Å². The van der Waals surface area contributed by atoms with Gasteiger partial charge in [0, 0.05) is 38.9 Å². The van der Waals surface area contributed by atoms with Crippen LogP contribution < -0.4 is 4.90 Å². The van der Waals surface area contributed by atoms with Crippen LogP contribution in [0.2, 0.25) is 0 Å². The van der Waals surface area contributed by atoms with Gasteiger partial charge in [-0.1, -0.05) is 6.07 Å². The van der Waals surface area contributed by atoms with Crippen LogP contribution in [0, 0.1) is 12.9 Å². The third-order valence-electron chi connectivity index (χ3n) is 2.55. The van der Waals surface area contributed by atoms with Crippen LogP contribution in [0.4, 0.5) is 10.1 Å². The van der Waals surface area contributed by atoms with Gasteiger partial charge in [-0.15, -0.1) is 0 Å². The second-order valence-electron chi connectivity index (χ2n) is 3.58. The van der Waals surface area contributed by atoms with Crippen LogP contribution in [0.3, 0.4) is 0 Å². The molecule has 75 valence electrons. The zero-order valence-electron chi connectivity index (χ0n) is 8.12. The van der Waals surface area contributed by atoms with Gasteiger partial charge in [0.1, 0.15) is 5.82 Å². The Morgan fingerprint density at radius 2 is 1.86 bits per heavy atom. The Labute approximate surface area is 83.9 Å². The highest BCUT2D eigenvalue weighted by Crippen LogP contribution is 2.16. The number of hydrogen-bond acceptors (Lipinski definition) is 2. The Hall–Kier alpha value is -1.09. The molecule has 0 unspecified atom stereocenters. The van der Waals surface area contributed by atoms with E-state index in [1.54, 1.807) is 12.1 Å². The van der Waals surface area contributed by atoms with Crippen molar-refractivity contribution in [3.05, 3.63) is 37.1 Å². The molecule has 1 aliphatic heterocycles. The van der Waals surface area contributed by atoms with Crippen LogP contribution in [0.25, 0.3) is 0 Å². The number of piperazine rings is 1. The predicted molar refractivity (Wildman–Crippen MR) is 55.5 cm³/mol. The molecule has 0 N–H and O–H groups in total. The molecule has 3 heteroatoms. The fourth-order valence-corrected chi connectivity index (χ4v) is 1.68. The first kappa shape index (κ1) is 9.46. The van der Waals surface area contributed by atoms with Crippen molar-refractivity contribution in [2.75, 3.05) is 31.1 Å². The summed E-state index contributed by atoms with van der Waals surface area (Å²) in [6.45, 7) is 3.73. The largest absolute Gasteiger partial charge is 0.369 e. The van der Waals surface area contributed by atoms with Gasteiger partial charge < -0.3 is 4.90 Å². The molecule has 0 saturated carbocycles. The molecule has 14 heavy (non-hydrogen) atoms. The second-order valence-corrected chi connectivity index (χ2v) is 3.58. The van der Waals surface area contributed by atoms with Crippen LogP contribution in [0.15, 0.2) is 24.3 Å². The van der Waals surface area contributed by atoms with Gasteiger partial charge in [-0.2, -0.15) is 0 Å². The van der Waals surface area contributed by atoms with Gasteiger partial charge in [0.25, 0.3) is 0 Å². The number of hydrogen-bond donors (Lipinski definition) is 0. The minimum absolute atomic E-state index is 0.167. The maximum Gasteiger partial charge on any atom is 0.125 e. The summed E-state index contributed by atoms with van der Waals surface area (Å²) in [6.07, 6.45) is 0. The van der Waals surface area contributed by atoms with Crippen molar-refractivity contribution in [1.29, 1.82) is 0 Å². The summed E-state index contributed by atoms with van der Waals surface area (Å²) in [7, 11) is 3.88. The lowest BCUT2D eigenvalue weighted by molar-refractivity contribution is 0.344. The Bertz CT molecular complexity index is 306. The quantitative estimate of drug-likeness (QED) is 0.670. The lowest BCUT2D eigenvalue weighted by Gasteiger charge is -2.33. The third-order valence-corrected chi connectivity index (χ3v) is 2.55. The van der Waals surface area contributed by atoms with E-state index in [4.69, 9.17) is 0 Å². The number of benzene rings is 1. The Morgan fingerprint density at radius 1 is 1.14 bits per heavy atom. The van der Waals surface area contributed by atoms with Gasteiger partial charge in [0.2, 0.25) is 0 Å². The third kappa shape index (κ3) is 2.04. The topological polar surface area (TPSA) is 6.48 Å². The van der Waals surface area contributed by atoms with Crippen molar-refractivity contribution in [2.45, 2.75) is 0 Å². The molecule has 1 aliphatic rings. The van der Waals surface area contributed by atoms with Gasteiger partial charge in [-0.3, -0.25) is 4.90 Å². The minimum atomic E-state index is -0.167. The van der Waals surface area contributed by atoms with Crippen LogP contribution in [0.5, 0.6) is 0 Å². The van der Waals surface area contributed by atoms with E-state index in [0.717, 1.165) is 31.9 Å². The average Bonchev–Trinajstić information content (AvgIpc) is 2.19. The Morgan fingerprint density at radius 3 is 2.50 bits per heavy atom. The van der Waals surface area contributed by atoms with E-state index in [0.29, 0.717) is 0 Å². The maximum atomic E-state index is 12.9. The van der Waals surface area contributed by atoms with Crippen LogP contribution in [0.1, 0.15) is 0 Å². The van der Waals surface area contributed by atoms with E-state index in [1.165, 1.54) is 6.07 Å². The van der Waals surface area contributed by atoms with Gasteiger partial charge >= 0.3 is 0 Å². The predicted octanol–water partition coefficient (Wildman–Crippen LogP) is 1.74. The van der Waals surface area contributed by atoms with Gasteiger partial charge in [0.15, 0.2) is 0 Å². The van der Waals surface area contributed by atoms with Crippen LogP contribution in [-0.4, -0.2) is 31.1 Å². The molecule has 0 aliphatic carbocycles.